The molecule has 0 fully saturated rings. The smallest absolute Gasteiger partial charge is 0.340 e. The molecule has 1 atom stereocenters. The van der Waals surface area contributed by atoms with Crippen LogP contribution in [0.3, 0.4) is 0 Å². The summed E-state index contributed by atoms with van der Waals surface area (Å²) in [6.07, 6.45) is 0.586. The molecule has 0 heterocycles. The first-order chi connectivity index (χ1) is 9.04. The molecule has 1 aromatic carbocycles. The molecule has 0 aliphatic heterocycles. The van der Waals surface area contributed by atoms with Crippen LogP contribution in [-0.2, 0) is 9.53 Å². The molecule has 19 heavy (non-hydrogen) atoms. The van der Waals surface area contributed by atoms with Crippen molar-refractivity contribution < 1.29 is 19.4 Å². The van der Waals surface area contributed by atoms with E-state index in [0.717, 1.165) is 0 Å². The minimum Gasteiger partial charge on any atom is -0.481 e. The number of carbonyl (C=O) groups is 2. The lowest BCUT2D eigenvalue weighted by Crippen LogP contribution is -2.19. The number of nitrogens with one attached hydrogen (secondary N) is 1. The Bertz CT molecular complexity index is 445. The number of para-hydroxylation sites is 1. The predicted octanol–water partition coefficient (Wildman–Crippen LogP) is 2.53. The summed E-state index contributed by atoms with van der Waals surface area (Å²) in [4.78, 5) is 22.3. The Labute approximate surface area is 112 Å². The number of esters is 1. The van der Waals surface area contributed by atoms with E-state index in [9.17, 15) is 9.59 Å². The summed E-state index contributed by atoms with van der Waals surface area (Å²) in [5, 5.41) is 11.8. The summed E-state index contributed by atoms with van der Waals surface area (Å²) in [6.45, 7) is 3.95. The maximum atomic E-state index is 11.8. The van der Waals surface area contributed by atoms with Gasteiger partial charge in [0.2, 0.25) is 0 Å². The van der Waals surface area contributed by atoms with Crippen molar-refractivity contribution in [2.45, 2.75) is 32.7 Å². The van der Waals surface area contributed by atoms with Crippen LogP contribution in [0.5, 0.6) is 0 Å². The van der Waals surface area contributed by atoms with Gasteiger partial charge in [-0.25, -0.2) is 4.79 Å². The Kier molecular flexibility index (Phi) is 5.85. The van der Waals surface area contributed by atoms with E-state index in [-0.39, 0.29) is 18.4 Å². The lowest BCUT2D eigenvalue weighted by molar-refractivity contribution is -0.137. The Balaban J connectivity index is 2.72. The first-order valence-electron chi connectivity index (χ1n) is 6.29. The lowest BCUT2D eigenvalue weighted by atomic mass is 10.1. The van der Waals surface area contributed by atoms with Gasteiger partial charge in [0.05, 0.1) is 12.2 Å². The number of hydrogen-bond donors (Lipinski definition) is 2. The van der Waals surface area contributed by atoms with E-state index in [1.54, 1.807) is 25.1 Å². The van der Waals surface area contributed by atoms with Crippen molar-refractivity contribution in [2.24, 2.45) is 0 Å². The van der Waals surface area contributed by atoms with Crippen molar-refractivity contribution in [3.8, 4) is 0 Å². The number of ether oxygens (including phenoxy) is 1. The first-order valence-corrected chi connectivity index (χ1v) is 6.29. The Morgan fingerprint density at radius 1 is 1.37 bits per heavy atom. The molecule has 0 bridgehead atoms. The van der Waals surface area contributed by atoms with E-state index in [0.29, 0.717) is 24.3 Å². The maximum Gasteiger partial charge on any atom is 0.340 e. The fourth-order valence-corrected chi connectivity index (χ4v) is 1.67. The van der Waals surface area contributed by atoms with Gasteiger partial charge in [-0.15, -0.1) is 0 Å². The van der Waals surface area contributed by atoms with E-state index in [4.69, 9.17) is 9.84 Å². The van der Waals surface area contributed by atoms with Gasteiger partial charge in [-0.3, -0.25) is 4.79 Å². The summed E-state index contributed by atoms with van der Waals surface area (Å²) in [6, 6.07) is 7.01. The number of carbonyl (C=O) groups excluding carboxylic acids is 1. The molecular formula is C14H19NO4. The second-order valence-electron chi connectivity index (χ2n) is 4.24. The van der Waals surface area contributed by atoms with Gasteiger partial charge in [0.15, 0.2) is 0 Å². The van der Waals surface area contributed by atoms with Crippen molar-refractivity contribution in [1.29, 1.82) is 0 Å². The number of rotatable bonds is 7. The van der Waals surface area contributed by atoms with Crippen molar-refractivity contribution in [3.05, 3.63) is 29.8 Å². The highest BCUT2D eigenvalue weighted by molar-refractivity contribution is 5.95. The van der Waals surface area contributed by atoms with E-state index in [2.05, 4.69) is 5.32 Å². The third kappa shape index (κ3) is 4.99. The molecule has 1 rings (SSSR count). The fourth-order valence-electron chi connectivity index (χ4n) is 1.67. The molecule has 0 aliphatic rings. The number of aliphatic carboxylic acids is 1. The van der Waals surface area contributed by atoms with Crippen LogP contribution in [0.4, 0.5) is 5.69 Å². The highest BCUT2D eigenvalue weighted by Gasteiger charge is 2.13. The number of hydrogen-bond acceptors (Lipinski definition) is 4. The zero-order chi connectivity index (χ0) is 14.3. The fraction of sp³-hybridized carbons (Fsp3) is 0.429. The highest BCUT2D eigenvalue weighted by atomic mass is 16.5. The van der Waals surface area contributed by atoms with Crippen LogP contribution >= 0.6 is 0 Å². The van der Waals surface area contributed by atoms with Gasteiger partial charge in [0.25, 0.3) is 0 Å². The van der Waals surface area contributed by atoms with Gasteiger partial charge >= 0.3 is 11.9 Å². The predicted molar refractivity (Wildman–Crippen MR) is 72.4 cm³/mol. The Morgan fingerprint density at radius 2 is 2.05 bits per heavy atom. The average Bonchev–Trinajstić information content (AvgIpc) is 2.37. The van der Waals surface area contributed by atoms with Gasteiger partial charge < -0.3 is 15.2 Å². The van der Waals surface area contributed by atoms with E-state index in [1.165, 1.54) is 0 Å². The molecule has 104 valence electrons. The van der Waals surface area contributed by atoms with Crippen LogP contribution in [0.1, 0.15) is 37.0 Å². The van der Waals surface area contributed by atoms with E-state index < -0.39 is 5.97 Å². The molecule has 0 radical (unpaired) electrons. The molecule has 0 aromatic heterocycles. The van der Waals surface area contributed by atoms with Crippen molar-refractivity contribution in [3.63, 3.8) is 0 Å². The summed E-state index contributed by atoms with van der Waals surface area (Å²) < 4.78 is 4.98. The molecule has 0 saturated heterocycles. The molecule has 5 heteroatoms. The Hall–Kier alpha value is -2.04. The van der Waals surface area contributed by atoms with E-state index >= 15 is 0 Å². The Morgan fingerprint density at radius 3 is 2.68 bits per heavy atom. The number of benzene rings is 1. The minimum atomic E-state index is -0.827. The molecule has 0 spiro atoms. The third-order valence-corrected chi connectivity index (χ3v) is 2.62. The summed E-state index contributed by atoms with van der Waals surface area (Å²) in [7, 11) is 0. The second kappa shape index (κ2) is 7.41. The van der Waals surface area contributed by atoms with Crippen LogP contribution in [0, 0.1) is 0 Å². The van der Waals surface area contributed by atoms with Crippen LogP contribution in [-0.4, -0.2) is 29.7 Å². The molecule has 0 amide bonds. The maximum absolute atomic E-state index is 11.8. The summed E-state index contributed by atoms with van der Waals surface area (Å²) in [5.74, 6) is -1.21. The second-order valence-corrected chi connectivity index (χ2v) is 4.24. The topological polar surface area (TPSA) is 75.6 Å². The summed E-state index contributed by atoms with van der Waals surface area (Å²) in [5.41, 5.74) is 1.13. The molecular weight excluding hydrogens is 246 g/mol. The van der Waals surface area contributed by atoms with Gasteiger partial charge in [0.1, 0.15) is 0 Å². The summed E-state index contributed by atoms with van der Waals surface area (Å²) >= 11 is 0. The first kappa shape index (κ1) is 15.0. The molecule has 5 nitrogen and oxygen atoms in total. The number of carboxylic acids is 1. The molecule has 0 aliphatic carbocycles. The lowest BCUT2D eigenvalue weighted by Gasteiger charge is -2.16. The van der Waals surface area contributed by atoms with Crippen LogP contribution < -0.4 is 5.32 Å². The number of carboxylic acid groups (broad SMARTS) is 1. The monoisotopic (exact) mass is 265 g/mol. The normalized spacial score (nSPS) is 11.7. The van der Waals surface area contributed by atoms with Gasteiger partial charge in [-0.05, 0) is 32.4 Å². The van der Waals surface area contributed by atoms with Crippen molar-refractivity contribution in [1.82, 2.24) is 0 Å². The van der Waals surface area contributed by atoms with Crippen LogP contribution in [0.25, 0.3) is 0 Å². The van der Waals surface area contributed by atoms with Crippen molar-refractivity contribution in [2.75, 3.05) is 11.9 Å². The third-order valence-electron chi connectivity index (χ3n) is 2.62. The SMILES string of the molecule is CCOC(=O)c1ccccc1NC(C)CCC(=O)O. The molecule has 2 N–H and O–H groups in total. The zero-order valence-corrected chi connectivity index (χ0v) is 11.2. The van der Waals surface area contributed by atoms with Gasteiger partial charge in [-0.2, -0.15) is 0 Å². The van der Waals surface area contributed by atoms with Crippen LogP contribution in [0.15, 0.2) is 24.3 Å². The molecule has 0 saturated carbocycles. The van der Waals surface area contributed by atoms with Gasteiger partial charge in [0, 0.05) is 18.2 Å². The average molecular weight is 265 g/mol. The quantitative estimate of drug-likeness (QED) is 0.741. The van der Waals surface area contributed by atoms with Crippen molar-refractivity contribution >= 4 is 17.6 Å². The van der Waals surface area contributed by atoms with Crippen LogP contribution in [0.2, 0.25) is 0 Å². The standard InChI is InChI=1S/C14H19NO4/c1-3-19-14(18)11-6-4-5-7-12(11)15-10(2)8-9-13(16)17/h4-7,10,15H,3,8-9H2,1-2H3,(H,16,17). The largest absolute Gasteiger partial charge is 0.481 e. The van der Waals surface area contributed by atoms with E-state index in [1.807, 2.05) is 13.0 Å². The zero-order valence-electron chi connectivity index (χ0n) is 11.2. The minimum absolute atomic E-state index is 0.0355. The number of anilines is 1. The highest BCUT2D eigenvalue weighted by Crippen LogP contribution is 2.18. The van der Waals surface area contributed by atoms with Gasteiger partial charge in [-0.1, -0.05) is 12.1 Å². The molecule has 1 unspecified atom stereocenters. The molecule has 1 aromatic rings.